The fraction of sp³-hybridized carbons (Fsp3) is 0.0455. The first-order chi connectivity index (χ1) is 13.8. The van der Waals surface area contributed by atoms with Crippen molar-refractivity contribution < 1.29 is 0 Å². The fourth-order valence-electron chi connectivity index (χ4n) is 3.30. The van der Waals surface area contributed by atoms with Gasteiger partial charge in [-0.25, -0.2) is 9.98 Å². The van der Waals surface area contributed by atoms with Crippen molar-refractivity contribution in [3.8, 4) is 0 Å². The molecule has 28 heavy (non-hydrogen) atoms. The minimum atomic E-state index is 0.335. The van der Waals surface area contributed by atoms with Crippen LogP contribution >= 0.6 is 11.6 Å². The number of benzene rings is 3. The lowest BCUT2D eigenvalue weighted by Crippen LogP contribution is -1.94. The molecule has 5 aromatic rings. The Kier molecular flexibility index (Phi) is 4.14. The zero-order valence-corrected chi connectivity index (χ0v) is 15.5. The number of hydrogen-bond acceptors (Lipinski definition) is 5. The van der Waals surface area contributed by atoms with E-state index in [0.717, 1.165) is 43.3 Å². The molecule has 0 fully saturated rings. The number of aliphatic imine (C=N–C) groups is 1. The lowest BCUT2D eigenvalue weighted by atomic mass is 10.0. The van der Waals surface area contributed by atoms with Crippen LogP contribution in [0.5, 0.6) is 0 Å². The summed E-state index contributed by atoms with van der Waals surface area (Å²) >= 11 is 5.92. The summed E-state index contributed by atoms with van der Waals surface area (Å²) < 4.78 is 0. The monoisotopic (exact) mass is 383 g/mol. The first kappa shape index (κ1) is 16.7. The summed E-state index contributed by atoms with van der Waals surface area (Å²) in [6.45, 7) is 0. The summed E-state index contributed by atoms with van der Waals surface area (Å²) in [7, 11) is 0. The Morgan fingerprint density at radius 1 is 0.786 bits per heavy atom. The van der Waals surface area contributed by atoms with E-state index in [9.17, 15) is 0 Å². The average Bonchev–Trinajstić information content (AvgIpc) is 2.75. The quantitative estimate of drug-likeness (QED) is 0.312. The van der Waals surface area contributed by atoms with Crippen molar-refractivity contribution in [3.05, 3.63) is 77.4 Å². The third kappa shape index (κ3) is 2.96. The molecule has 0 N–H and O–H groups in total. The van der Waals surface area contributed by atoms with Gasteiger partial charge < -0.3 is 0 Å². The number of fused-ring (bicyclic) bond motifs is 6. The molecule has 0 saturated carbocycles. The van der Waals surface area contributed by atoms with Gasteiger partial charge in [0.15, 0.2) is 0 Å². The van der Waals surface area contributed by atoms with Crippen LogP contribution in [0, 0.1) is 0 Å². The minimum absolute atomic E-state index is 0.335. The zero-order chi connectivity index (χ0) is 18.9. The van der Waals surface area contributed by atoms with Gasteiger partial charge in [-0.05, 0) is 29.8 Å². The van der Waals surface area contributed by atoms with Crippen molar-refractivity contribution in [2.24, 2.45) is 4.99 Å². The second kappa shape index (κ2) is 6.94. The van der Waals surface area contributed by atoms with Crippen LogP contribution < -0.4 is 0 Å². The van der Waals surface area contributed by atoms with Crippen molar-refractivity contribution in [3.63, 3.8) is 0 Å². The molecule has 0 atom stereocenters. The van der Waals surface area contributed by atoms with E-state index >= 15 is 0 Å². The molecular weight excluding hydrogens is 370 g/mol. The van der Waals surface area contributed by atoms with Crippen molar-refractivity contribution in [1.82, 2.24) is 20.2 Å². The van der Waals surface area contributed by atoms with Crippen LogP contribution in [0.15, 0.2) is 71.9 Å². The van der Waals surface area contributed by atoms with Crippen LogP contribution in [-0.2, 0) is 6.42 Å². The third-order valence-corrected chi connectivity index (χ3v) is 4.87. The standard InChI is InChI=1S/C22H14ClN5/c23-15-9-7-14(8-10-15)11-13-25-22-26-20-18-6-3-12-24-19(18)16-4-1-2-5-17(16)21(20)27-28-22/h1-10,12-13H,11H2. The van der Waals surface area contributed by atoms with Crippen molar-refractivity contribution in [2.75, 3.05) is 0 Å². The highest BCUT2D eigenvalue weighted by Gasteiger charge is 2.12. The summed E-state index contributed by atoms with van der Waals surface area (Å²) in [6, 6.07) is 19.6. The van der Waals surface area contributed by atoms with Crippen molar-refractivity contribution >= 4 is 56.5 Å². The van der Waals surface area contributed by atoms with E-state index < -0.39 is 0 Å². The van der Waals surface area contributed by atoms with Crippen LogP contribution in [0.2, 0.25) is 5.02 Å². The normalized spacial score (nSPS) is 11.8. The third-order valence-electron chi connectivity index (χ3n) is 4.62. The van der Waals surface area contributed by atoms with E-state index in [0.29, 0.717) is 12.4 Å². The first-order valence-corrected chi connectivity index (χ1v) is 9.24. The summed E-state index contributed by atoms with van der Waals surface area (Å²) in [5.74, 6) is 0.335. The molecule has 0 bridgehead atoms. The molecule has 3 aromatic carbocycles. The van der Waals surface area contributed by atoms with Gasteiger partial charge in [0.2, 0.25) is 0 Å². The van der Waals surface area contributed by atoms with Crippen LogP contribution in [0.4, 0.5) is 5.95 Å². The maximum atomic E-state index is 5.92. The van der Waals surface area contributed by atoms with E-state index in [4.69, 9.17) is 11.6 Å². The van der Waals surface area contributed by atoms with Gasteiger partial charge in [0, 0.05) is 40.0 Å². The molecule has 5 rings (SSSR count). The molecule has 134 valence electrons. The van der Waals surface area contributed by atoms with Gasteiger partial charge in [0.1, 0.15) is 11.0 Å². The summed E-state index contributed by atoms with van der Waals surface area (Å²) in [4.78, 5) is 13.6. The second-order valence-electron chi connectivity index (χ2n) is 6.40. The highest BCUT2D eigenvalue weighted by Crippen LogP contribution is 2.31. The predicted molar refractivity (Wildman–Crippen MR) is 113 cm³/mol. The molecule has 0 saturated heterocycles. The maximum absolute atomic E-state index is 5.92. The van der Waals surface area contributed by atoms with Crippen molar-refractivity contribution in [2.45, 2.75) is 6.42 Å². The predicted octanol–water partition coefficient (Wildman–Crippen LogP) is 5.32. The largest absolute Gasteiger partial charge is 0.269 e. The minimum Gasteiger partial charge on any atom is -0.256 e. The summed E-state index contributed by atoms with van der Waals surface area (Å²) in [6.07, 6.45) is 4.24. The van der Waals surface area contributed by atoms with Gasteiger partial charge in [0.05, 0.1) is 5.52 Å². The van der Waals surface area contributed by atoms with Crippen molar-refractivity contribution in [1.29, 1.82) is 0 Å². The Hall–Kier alpha value is -3.44. The molecule has 2 aromatic heterocycles. The van der Waals surface area contributed by atoms with E-state index in [-0.39, 0.29) is 0 Å². The average molecular weight is 384 g/mol. The Morgan fingerprint density at radius 2 is 1.54 bits per heavy atom. The fourth-order valence-corrected chi connectivity index (χ4v) is 3.43. The lowest BCUT2D eigenvalue weighted by molar-refractivity contribution is 1.02. The Morgan fingerprint density at radius 3 is 2.36 bits per heavy atom. The second-order valence-corrected chi connectivity index (χ2v) is 6.83. The van der Waals surface area contributed by atoms with Gasteiger partial charge in [0.25, 0.3) is 5.95 Å². The molecule has 0 aliphatic carbocycles. The molecule has 0 unspecified atom stereocenters. The number of aromatic nitrogens is 4. The molecule has 0 amide bonds. The first-order valence-electron chi connectivity index (χ1n) is 8.86. The topological polar surface area (TPSA) is 63.9 Å². The molecule has 5 nitrogen and oxygen atoms in total. The highest BCUT2D eigenvalue weighted by molar-refractivity contribution is 6.30. The SMILES string of the molecule is Clc1ccc(CC=Nc2nnc3c4ccccc4c4ncccc4c3n2)cc1. The highest BCUT2D eigenvalue weighted by atomic mass is 35.5. The zero-order valence-electron chi connectivity index (χ0n) is 14.7. The summed E-state index contributed by atoms with van der Waals surface area (Å²) in [5, 5.41) is 12.3. The molecule has 0 aliphatic rings. The van der Waals surface area contributed by atoms with Gasteiger partial charge >= 0.3 is 0 Å². The van der Waals surface area contributed by atoms with Crippen LogP contribution in [0.25, 0.3) is 32.7 Å². The molecule has 2 heterocycles. The van der Waals surface area contributed by atoms with E-state index in [1.165, 1.54) is 0 Å². The number of halogens is 1. The number of hydrogen-bond donors (Lipinski definition) is 0. The lowest BCUT2D eigenvalue weighted by Gasteiger charge is -2.07. The van der Waals surface area contributed by atoms with E-state index in [1.807, 2.05) is 60.7 Å². The molecule has 0 radical (unpaired) electrons. The van der Waals surface area contributed by atoms with E-state index in [2.05, 4.69) is 25.2 Å². The van der Waals surface area contributed by atoms with Crippen LogP contribution in [0.1, 0.15) is 5.56 Å². The molecular formula is C22H14ClN5. The number of rotatable bonds is 3. The summed E-state index contributed by atoms with van der Waals surface area (Å²) in [5.41, 5.74) is 3.54. The molecule has 6 heteroatoms. The van der Waals surface area contributed by atoms with Gasteiger partial charge in [-0.3, -0.25) is 4.98 Å². The Labute approximate surface area is 165 Å². The van der Waals surface area contributed by atoms with Crippen LogP contribution in [-0.4, -0.2) is 26.4 Å². The van der Waals surface area contributed by atoms with Crippen LogP contribution in [0.3, 0.4) is 0 Å². The van der Waals surface area contributed by atoms with Gasteiger partial charge in [-0.15, -0.1) is 10.2 Å². The van der Waals surface area contributed by atoms with Gasteiger partial charge in [-0.2, -0.15) is 0 Å². The Balaban J connectivity index is 1.60. The Bertz CT molecular complexity index is 1310. The number of pyridine rings is 1. The smallest absolute Gasteiger partial charge is 0.256 e. The van der Waals surface area contributed by atoms with E-state index in [1.54, 1.807) is 12.4 Å². The van der Waals surface area contributed by atoms with Gasteiger partial charge in [-0.1, -0.05) is 48.0 Å². The molecule has 0 aliphatic heterocycles. The molecule has 0 spiro atoms. The maximum Gasteiger partial charge on any atom is 0.269 e. The number of nitrogens with zero attached hydrogens (tertiary/aromatic N) is 5.